The van der Waals surface area contributed by atoms with Crippen molar-refractivity contribution in [2.24, 2.45) is 11.7 Å². The van der Waals surface area contributed by atoms with E-state index in [-0.39, 0.29) is 23.4 Å². The Morgan fingerprint density at radius 2 is 2.24 bits per heavy atom. The summed E-state index contributed by atoms with van der Waals surface area (Å²) in [5.74, 6) is 0.188. The lowest BCUT2D eigenvalue weighted by atomic mass is 9.99. The number of amides is 1. The highest BCUT2D eigenvalue weighted by Gasteiger charge is 2.21. The lowest BCUT2D eigenvalue weighted by Crippen LogP contribution is -2.41. The second-order valence-electron chi connectivity index (χ2n) is 5.38. The molecule has 4 N–H and O–H groups in total. The van der Waals surface area contributed by atoms with Gasteiger partial charge in [-0.25, -0.2) is 0 Å². The van der Waals surface area contributed by atoms with Gasteiger partial charge in [0.05, 0.1) is 12.2 Å². The zero-order chi connectivity index (χ0) is 15.2. The van der Waals surface area contributed by atoms with Gasteiger partial charge in [-0.1, -0.05) is 24.4 Å². The first-order valence-corrected chi connectivity index (χ1v) is 7.53. The molecule has 0 saturated carbocycles. The number of aliphatic hydroxyl groups is 1. The third kappa shape index (κ3) is 4.49. The molecule has 1 aromatic rings. The molecule has 1 aromatic carbocycles. The van der Waals surface area contributed by atoms with Crippen LogP contribution >= 0.6 is 12.2 Å². The Morgan fingerprint density at radius 1 is 1.48 bits per heavy atom. The fraction of sp³-hybridized carbons (Fsp3) is 0.467. The standard InChI is InChI=1S/C15H21N3O2S/c16-15(21)12-5-1-2-6-13(12)17-14(20)9-18-7-3-4-11(8-18)10-19/h1-2,5-6,11,19H,3-4,7-10H2,(H2,16,21)(H,17,20). The van der Waals surface area contributed by atoms with Gasteiger partial charge in [0.1, 0.15) is 4.99 Å². The number of para-hydroxylation sites is 1. The van der Waals surface area contributed by atoms with Gasteiger partial charge >= 0.3 is 0 Å². The number of hydrogen-bond donors (Lipinski definition) is 3. The smallest absolute Gasteiger partial charge is 0.238 e. The lowest BCUT2D eigenvalue weighted by molar-refractivity contribution is -0.117. The molecular formula is C15H21N3O2S. The van der Waals surface area contributed by atoms with Crippen molar-refractivity contribution in [1.29, 1.82) is 0 Å². The fourth-order valence-corrected chi connectivity index (χ4v) is 2.82. The Morgan fingerprint density at radius 3 is 2.95 bits per heavy atom. The van der Waals surface area contributed by atoms with Gasteiger partial charge in [-0.15, -0.1) is 0 Å². The SMILES string of the molecule is NC(=S)c1ccccc1NC(=O)CN1CCCC(CO)C1. The van der Waals surface area contributed by atoms with E-state index in [2.05, 4.69) is 10.2 Å². The van der Waals surface area contributed by atoms with Gasteiger partial charge in [-0.2, -0.15) is 0 Å². The Kier molecular flexibility index (Phi) is 5.67. The molecule has 2 rings (SSSR count). The topological polar surface area (TPSA) is 78.6 Å². The van der Waals surface area contributed by atoms with Gasteiger partial charge in [-0.3, -0.25) is 9.69 Å². The first kappa shape index (κ1) is 15.9. The van der Waals surface area contributed by atoms with Crippen LogP contribution in [-0.2, 0) is 4.79 Å². The van der Waals surface area contributed by atoms with Gasteiger partial charge < -0.3 is 16.2 Å². The summed E-state index contributed by atoms with van der Waals surface area (Å²) < 4.78 is 0. The minimum Gasteiger partial charge on any atom is -0.396 e. The summed E-state index contributed by atoms with van der Waals surface area (Å²) in [7, 11) is 0. The van der Waals surface area contributed by atoms with Crippen molar-refractivity contribution in [3.8, 4) is 0 Å². The number of piperidine rings is 1. The number of likely N-dealkylation sites (tertiary alicyclic amines) is 1. The molecule has 1 atom stereocenters. The number of thiocarbonyl (C=S) groups is 1. The summed E-state index contributed by atoms with van der Waals surface area (Å²) in [6.07, 6.45) is 2.04. The number of nitrogens with zero attached hydrogens (tertiary/aromatic N) is 1. The average molecular weight is 307 g/mol. The minimum atomic E-state index is -0.0858. The number of carbonyl (C=O) groups is 1. The van der Waals surface area contributed by atoms with E-state index in [0.29, 0.717) is 17.8 Å². The summed E-state index contributed by atoms with van der Waals surface area (Å²) in [5.41, 5.74) is 6.97. The molecule has 6 heteroatoms. The highest BCUT2D eigenvalue weighted by molar-refractivity contribution is 7.80. The Balaban J connectivity index is 1.94. The van der Waals surface area contributed by atoms with E-state index in [4.69, 9.17) is 18.0 Å². The second kappa shape index (κ2) is 7.49. The van der Waals surface area contributed by atoms with Gasteiger partial charge in [0, 0.05) is 18.7 Å². The number of aliphatic hydroxyl groups excluding tert-OH is 1. The van der Waals surface area contributed by atoms with Crippen molar-refractivity contribution in [3.05, 3.63) is 29.8 Å². The number of carbonyl (C=O) groups excluding carboxylic acids is 1. The van der Waals surface area contributed by atoms with E-state index >= 15 is 0 Å². The van der Waals surface area contributed by atoms with E-state index in [1.54, 1.807) is 12.1 Å². The second-order valence-corrected chi connectivity index (χ2v) is 5.82. The Labute approximate surface area is 130 Å². The van der Waals surface area contributed by atoms with Crippen LogP contribution in [0.15, 0.2) is 24.3 Å². The normalized spacial score (nSPS) is 19.2. The summed E-state index contributed by atoms with van der Waals surface area (Å²) in [4.78, 5) is 14.5. The fourth-order valence-electron chi connectivity index (χ4n) is 2.64. The molecule has 0 radical (unpaired) electrons. The van der Waals surface area contributed by atoms with Crippen LogP contribution in [-0.4, -0.2) is 47.1 Å². The third-order valence-electron chi connectivity index (χ3n) is 3.70. The van der Waals surface area contributed by atoms with Gasteiger partial charge in [0.2, 0.25) is 5.91 Å². The molecule has 1 unspecified atom stereocenters. The average Bonchev–Trinajstić information content (AvgIpc) is 2.47. The maximum Gasteiger partial charge on any atom is 0.238 e. The summed E-state index contributed by atoms with van der Waals surface area (Å²) in [6.45, 7) is 2.16. The summed E-state index contributed by atoms with van der Waals surface area (Å²) in [6, 6.07) is 7.25. The lowest BCUT2D eigenvalue weighted by Gasteiger charge is -2.31. The highest BCUT2D eigenvalue weighted by Crippen LogP contribution is 2.17. The molecule has 5 nitrogen and oxygen atoms in total. The van der Waals surface area contributed by atoms with Crippen molar-refractivity contribution in [2.45, 2.75) is 12.8 Å². The van der Waals surface area contributed by atoms with Crippen molar-refractivity contribution in [3.63, 3.8) is 0 Å². The van der Waals surface area contributed by atoms with Crippen molar-refractivity contribution < 1.29 is 9.90 Å². The molecule has 1 aliphatic rings. The predicted molar refractivity (Wildman–Crippen MR) is 87.2 cm³/mol. The van der Waals surface area contributed by atoms with E-state index in [0.717, 1.165) is 25.9 Å². The Hall–Kier alpha value is -1.50. The molecule has 0 aromatic heterocycles. The molecule has 1 amide bonds. The van der Waals surface area contributed by atoms with Crippen molar-refractivity contribution >= 4 is 28.8 Å². The van der Waals surface area contributed by atoms with Gasteiger partial charge in [-0.05, 0) is 37.4 Å². The molecule has 0 bridgehead atoms. The predicted octanol–water partition coefficient (Wildman–Crippen LogP) is 0.964. The molecule has 1 aliphatic heterocycles. The monoisotopic (exact) mass is 307 g/mol. The number of benzene rings is 1. The van der Waals surface area contributed by atoms with Crippen LogP contribution in [0, 0.1) is 5.92 Å². The van der Waals surface area contributed by atoms with Crippen LogP contribution in [0.2, 0.25) is 0 Å². The van der Waals surface area contributed by atoms with Crippen LogP contribution in [0.5, 0.6) is 0 Å². The van der Waals surface area contributed by atoms with Gasteiger partial charge in [0.15, 0.2) is 0 Å². The molecular weight excluding hydrogens is 286 g/mol. The molecule has 1 fully saturated rings. The first-order valence-electron chi connectivity index (χ1n) is 7.12. The molecule has 0 spiro atoms. The maximum atomic E-state index is 12.2. The Bertz CT molecular complexity index is 521. The van der Waals surface area contributed by atoms with Crippen molar-refractivity contribution in [2.75, 3.05) is 31.6 Å². The molecule has 0 aliphatic carbocycles. The number of rotatable bonds is 5. The van der Waals surface area contributed by atoms with E-state index in [1.807, 2.05) is 12.1 Å². The molecule has 114 valence electrons. The van der Waals surface area contributed by atoms with Gasteiger partial charge in [0.25, 0.3) is 0 Å². The number of nitrogens with one attached hydrogen (secondary N) is 1. The quantitative estimate of drug-likeness (QED) is 0.706. The zero-order valence-electron chi connectivity index (χ0n) is 11.9. The highest BCUT2D eigenvalue weighted by atomic mass is 32.1. The number of nitrogens with two attached hydrogens (primary N) is 1. The third-order valence-corrected chi connectivity index (χ3v) is 3.92. The van der Waals surface area contributed by atoms with E-state index in [9.17, 15) is 9.90 Å². The first-order chi connectivity index (χ1) is 10.1. The maximum absolute atomic E-state index is 12.2. The van der Waals surface area contributed by atoms with Crippen molar-refractivity contribution in [1.82, 2.24) is 4.90 Å². The molecule has 1 saturated heterocycles. The summed E-state index contributed by atoms with van der Waals surface area (Å²) >= 11 is 4.98. The van der Waals surface area contributed by atoms with Crippen LogP contribution in [0.1, 0.15) is 18.4 Å². The van der Waals surface area contributed by atoms with E-state index in [1.165, 1.54) is 0 Å². The largest absolute Gasteiger partial charge is 0.396 e. The van der Waals surface area contributed by atoms with Crippen LogP contribution in [0.25, 0.3) is 0 Å². The van der Waals surface area contributed by atoms with Crippen LogP contribution in [0.4, 0.5) is 5.69 Å². The number of anilines is 1. The number of hydrogen-bond acceptors (Lipinski definition) is 4. The van der Waals surface area contributed by atoms with E-state index < -0.39 is 0 Å². The summed E-state index contributed by atoms with van der Waals surface area (Å²) in [5, 5.41) is 12.1. The molecule has 1 heterocycles. The molecule has 21 heavy (non-hydrogen) atoms. The zero-order valence-corrected chi connectivity index (χ0v) is 12.7. The van der Waals surface area contributed by atoms with Crippen LogP contribution < -0.4 is 11.1 Å². The van der Waals surface area contributed by atoms with Crippen LogP contribution in [0.3, 0.4) is 0 Å². The minimum absolute atomic E-state index is 0.0858.